The van der Waals surface area contributed by atoms with Crippen LogP contribution in [0.1, 0.15) is 18.4 Å². The number of piperidine rings is 1. The molecule has 94 valence electrons. The van der Waals surface area contributed by atoms with Crippen molar-refractivity contribution in [2.24, 2.45) is 5.41 Å². The van der Waals surface area contributed by atoms with E-state index in [0.717, 1.165) is 12.1 Å². The third-order valence-electron chi connectivity index (χ3n) is 3.47. The summed E-state index contributed by atoms with van der Waals surface area (Å²) in [6.07, 6.45) is 4.13. The van der Waals surface area contributed by atoms with Crippen LogP contribution in [0.25, 0.3) is 0 Å². The van der Waals surface area contributed by atoms with Gasteiger partial charge in [0.1, 0.15) is 0 Å². The Balaban J connectivity index is 0.00000180. The van der Waals surface area contributed by atoms with Crippen LogP contribution in [0.5, 0.6) is 0 Å². The molecule has 0 aromatic carbocycles. The van der Waals surface area contributed by atoms with Crippen LogP contribution in [-0.2, 0) is 11.3 Å². The Hall–Kier alpha value is -0.930. The van der Waals surface area contributed by atoms with E-state index >= 15 is 0 Å². The molecule has 0 N–H and O–H groups in total. The number of carboxylic acid groups (broad SMARTS) is 1. The molecule has 2 rings (SSSR count). The molecule has 1 aromatic rings. The number of carboxylic acids is 1. The third-order valence-corrected chi connectivity index (χ3v) is 3.47. The number of rotatable bonds is 3. The van der Waals surface area contributed by atoms with Gasteiger partial charge >= 0.3 is 29.6 Å². The zero-order valence-corrected chi connectivity index (χ0v) is 13.0. The predicted molar refractivity (Wildman–Crippen MR) is 61.8 cm³/mol. The fraction of sp³-hybridized carbons (Fsp3) is 0.462. The molecule has 0 bridgehead atoms. The number of aromatic nitrogens is 1. The summed E-state index contributed by atoms with van der Waals surface area (Å²) in [5.74, 6) is -1.24. The quantitative estimate of drug-likeness (QED) is 0.543. The second-order valence-corrected chi connectivity index (χ2v) is 4.61. The van der Waals surface area contributed by atoms with Crippen LogP contribution >= 0.6 is 0 Å². The molecule has 0 radical (unpaired) electrons. The van der Waals surface area contributed by atoms with Gasteiger partial charge in [0, 0.05) is 32.0 Å². The summed E-state index contributed by atoms with van der Waals surface area (Å²) < 4.78 is 0. The minimum atomic E-state index is -1.30. The Morgan fingerprint density at radius 2 is 2.00 bits per heavy atom. The van der Waals surface area contributed by atoms with Gasteiger partial charge in [-0.1, -0.05) is 0 Å². The molecule has 2 heterocycles. The maximum Gasteiger partial charge on any atom is 1.00 e. The molecule has 1 aliphatic rings. The number of nitriles is 1. The molecule has 19 heavy (non-hydrogen) atoms. The Morgan fingerprint density at radius 3 is 2.47 bits per heavy atom. The number of hydrogen-bond acceptors (Lipinski definition) is 5. The van der Waals surface area contributed by atoms with Crippen molar-refractivity contribution in [3.63, 3.8) is 0 Å². The van der Waals surface area contributed by atoms with Crippen LogP contribution in [-0.4, -0.2) is 28.9 Å². The molecule has 1 saturated heterocycles. The van der Waals surface area contributed by atoms with E-state index in [9.17, 15) is 9.90 Å². The molecule has 0 spiro atoms. The van der Waals surface area contributed by atoms with Crippen LogP contribution in [0, 0.1) is 16.7 Å². The zero-order valence-electron chi connectivity index (χ0n) is 11.0. The first-order valence-corrected chi connectivity index (χ1v) is 5.90. The Kier molecular flexibility index (Phi) is 5.95. The van der Waals surface area contributed by atoms with Gasteiger partial charge in [-0.05, 0) is 30.5 Å². The molecular formula is C13H14N3NaO2. The topological polar surface area (TPSA) is 80.0 Å². The van der Waals surface area contributed by atoms with Crippen molar-refractivity contribution >= 4 is 5.97 Å². The van der Waals surface area contributed by atoms with Crippen molar-refractivity contribution in [1.82, 2.24) is 9.88 Å². The van der Waals surface area contributed by atoms with Gasteiger partial charge in [0.05, 0.1) is 17.5 Å². The van der Waals surface area contributed by atoms with E-state index in [2.05, 4.69) is 9.88 Å². The molecule has 0 atom stereocenters. The van der Waals surface area contributed by atoms with Gasteiger partial charge in [-0.15, -0.1) is 0 Å². The normalized spacial score (nSPS) is 18.1. The summed E-state index contributed by atoms with van der Waals surface area (Å²) in [5.41, 5.74) is -0.155. The van der Waals surface area contributed by atoms with E-state index in [-0.39, 0.29) is 29.6 Å². The largest absolute Gasteiger partial charge is 1.00 e. The number of carbonyl (C=O) groups excluding carboxylic acids is 1. The molecule has 0 aliphatic carbocycles. The second-order valence-electron chi connectivity index (χ2n) is 4.61. The smallest absolute Gasteiger partial charge is 0.548 e. The molecule has 0 unspecified atom stereocenters. The number of aliphatic carboxylic acids is 1. The van der Waals surface area contributed by atoms with Crippen LogP contribution in [0.15, 0.2) is 24.5 Å². The van der Waals surface area contributed by atoms with Gasteiger partial charge in [-0.2, -0.15) is 5.26 Å². The minimum Gasteiger partial charge on any atom is -0.548 e. The van der Waals surface area contributed by atoms with E-state index in [4.69, 9.17) is 5.26 Å². The predicted octanol–water partition coefficient (Wildman–Crippen LogP) is -3.06. The van der Waals surface area contributed by atoms with Crippen LogP contribution in [0.4, 0.5) is 0 Å². The Bertz CT molecular complexity index is 465. The number of pyridine rings is 1. The summed E-state index contributed by atoms with van der Waals surface area (Å²) in [4.78, 5) is 17.1. The van der Waals surface area contributed by atoms with Crippen molar-refractivity contribution in [3.05, 3.63) is 30.1 Å². The van der Waals surface area contributed by atoms with Crippen molar-refractivity contribution in [2.75, 3.05) is 13.1 Å². The first-order chi connectivity index (χ1) is 8.66. The molecule has 5 nitrogen and oxygen atoms in total. The maximum absolute atomic E-state index is 11.0. The number of carbonyl (C=O) groups is 1. The van der Waals surface area contributed by atoms with Crippen LogP contribution in [0.2, 0.25) is 0 Å². The minimum absolute atomic E-state index is 0. The first kappa shape index (κ1) is 16.1. The second kappa shape index (κ2) is 7.01. The maximum atomic E-state index is 11.0. The van der Waals surface area contributed by atoms with Crippen LogP contribution in [0.3, 0.4) is 0 Å². The third kappa shape index (κ3) is 3.77. The summed E-state index contributed by atoms with van der Waals surface area (Å²) in [7, 11) is 0. The fourth-order valence-electron chi connectivity index (χ4n) is 2.20. The SMILES string of the molecule is N#CC1(C(=O)[O-])CCN(Cc2ccncc2)CC1.[Na+]. The van der Waals surface area contributed by atoms with Gasteiger partial charge in [0.15, 0.2) is 0 Å². The van der Waals surface area contributed by atoms with Gasteiger partial charge in [-0.3, -0.25) is 9.88 Å². The average Bonchev–Trinajstić information content (AvgIpc) is 2.41. The molecule has 0 amide bonds. The molecule has 1 aromatic heterocycles. The van der Waals surface area contributed by atoms with Crippen molar-refractivity contribution in [1.29, 1.82) is 5.26 Å². The molecule has 1 aliphatic heterocycles. The number of hydrogen-bond donors (Lipinski definition) is 0. The van der Waals surface area contributed by atoms with E-state index in [0.29, 0.717) is 25.9 Å². The van der Waals surface area contributed by atoms with E-state index < -0.39 is 11.4 Å². The van der Waals surface area contributed by atoms with Gasteiger partial charge in [-0.25, -0.2) is 0 Å². The van der Waals surface area contributed by atoms with Crippen molar-refractivity contribution in [2.45, 2.75) is 19.4 Å². The monoisotopic (exact) mass is 267 g/mol. The molecule has 1 fully saturated rings. The van der Waals surface area contributed by atoms with Crippen molar-refractivity contribution < 1.29 is 39.5 Å². The van der Waals surface area contributed by atoms with Gasteiger partial charge < -0.3 is 9.90 Å². The summed E-state index contributed by atoms with van der Waals surface area (Å²) in [5, 5.41) is 20.0. The van der Waals surface area contributed by atoms with E-state index in [1.165, 1.54) is 0 Å². The number of likely N-dealkylation sites (tertiary alicyclic amines) is 1. The molecule has 6 heteroatoms. The number of nitrogens with zero attached hydrogens (tertiary/aromatic N) is 3. The molecule has 0 saturated carbocycles. The van der Waals surface area contributed by atoms with E-state index in [1.54, 1.807) is 12.4 Å². The first-order valence-electron chi connectivity index (χ1n) is 5.90. The Morgan fingerprint density at radius 1 is 1.42 bits per heavy atom. The standard InChI is InChI=1S/C13H15N3O2.Na/c14-10-13(12(17)18)3-7-16(8-4-13)9-11-1-5-15-6-2-11;/h1-2,5-6H,3-4,7-9H2,(H,17,18);/q;+1/p-1. The summed E-state index contributed by atoms with van der Waals surface area (Å²) >= 11 is 0. The molecular weight excluding hydrogens is 253 g/mol. The fourth-order valence-corrected chi connectivity index (χ4v) is 2.20. The average molecular weight is 267 g/mol. The van der Waals surface area contributed by atoms with Crippen LogP contribution < -0.4 is 34.7 Å². The summed E-state index contributed by atoms with van der Waals surface area (Å²) in [6, 6.07) is 5.77. The van der Waals surface area contributed by atoms with Crippen molar-refractivity contribution in [3.8, 4) is 6.07 Å². The van der Waals surface area contributed by atoms with E-state index in [1.807, 2.05) is 18.2 Å². The Labute approximate surface area is 134 Å². The van der Waals surface area contributed by atoms with Gasteiger partial charge in [0.2, 0.25) is 0 Å². The van der Waals surface area contributed by atoms with Gasteiger partial charge in [0.25, 0.3) is 0 Å². The zero-order chi connectivity index (χ0) is 13.0. The summed E-state index contributed by atoms with van der Waals surface area (Å²) in [6.45, 7) is 1.96.